The molecule has 0 atom stereocenters. The lowest BCUT2D eigenvalue weighted by Gasteiger charge is -2.13. The zero-order valence-corrected chi connectivity index (χ0v) is 9.41. The van der Waals surface area contributed by atoms with Crippen molar-refractivity contribution >= 4 is 28.5 Å². The number of halogens is 1. The summed E-state index contributed by atoms with van der Waals surface area (Å²) in [5.74, 6) is 0.736. The summed E-state index contributed by atoms with van der Waals surface area (Å²) in [6.45, 7) is 0. The highest BCUT2D eigenvalue weighted by Crippen LogP contribution is 2.26. The molecule has 0 aliphatic rings. The third-order valence-electron chi connectivity index (χ3n) is 1.79. The van der Waals surface area contributed by atoms with Gasteiger partial charge in [-0.15, -0.1) is 0 Å². The molecule has 0 saturated carbocycles. The predicted octanol–water partition coefficient (Wildman–Crippen LogP) is 0.146. The minimum absolute atomic E-state index is 0.212. The number of rotatable bonds is 3. The smallest absolute Gasteiger partial charge is 0.496 e. The quantitative estimate of drug-likeness (QED) is 0.760. The molecule has 0 aromatic heterocycles. The summed E-state index contributed by atoms with van der Waals surface area (Å²) in [5, 5.41) is 18.3. The SMILES string of the molecule is COc1ccc(Br)c(OC)c1B(O)O. The van der Waals surface area contributed by atoms with Crippen molar-refractivity contribution in [1.82, 2.24) is 0 Å². The molecule has 0 fully saturated rings. The topological polar surface area (TPSA) is 58.9 Å². The normalized spacial score (nSPS) is 9.79. The fraction of sp³-hybridized carbons (Fsp3) is 0.250. The Labute approximate surface area is 90.7 Å². The highest BCUT2D eigenvalue weighted by Gasteiger charge is 2.24. The summed E-state index contributed by atoms with van der Waals surface area (Å²) in [4.78, 5) is 0. The number of methoxy groups -OCH3 is 2. The maximum absolute atomic E-state index is 9.15. The first-order valence-corrected chi connectivity index (χ1v) is 4.67. The number of benzene rings is 1. The van der Waals surface area contributed by atoms with E-state index in [1.54, 1.807) is 12.1 Å². The van der Waals surface area contributed by atoms with Crippen LogP contribution in [0.5, 0.6) is 11.5 Å². The van der Waals surface area contributed by atoms with Gasteiger partial charge in [-0.3, -0.25) is 0 Å². The molecule has 14 heavy (non-hydrogen) atoms. The zero-order valence-electron chi connectivity index (χ0n) is 7.82. The van der Waals surface area contributed by atoms with Gasteiger partial charge in [-0.2, -0.15) is 0 Å². The van der Waals surface area contributed by atoms with Gasteiger partial charge in [-0.05, 0) is 28.1 Å². The van der Waals surface area contributed by atoms with Crippen LogP contribution in [0.3, 0.4) is 0 Å². The standard InChI is InChI=1S/C8H10BBrO4/c1-13-6-4-3-5(10)8(14-2)7(6)9(11)12/h3-4,11-12H,1-2H3. The van der Waals surface area contributed by atoms with E-state index >= 15 is 0 Å². The van der Waals surface area contributed by atoms with Crippen molar-refractivity contribution in [2.75, 3.05) is 14.2 Å². The molecule has 0 bridgehead atoms. The molecule has 0 aliphatic carbocycles. The molecule has 6 heteroatoms. The van der Waals surface area contributed by atoms with Gasteiger partial charge in [-0.25, -0.2) is 0 Å². The first kappa shape index (κ1) is 11.4. The summed E-state index contributed by atoms with van der Waals surface area (Å²) in [6, 6.07) is 3.34. The Morgan fingerprint density at radius 3 is 2.29 bits per heavy atom. The highest BCUT2D eigenvalue weighted by atomic mass is 79.9. The lowest BCUT2D eigenvalue weighted by atomic mass is 9.78. The van der Waals surface area contributed by atoms with Crippen molar-refractivity contribution < 1.29 is 19.5 Å². The molecule has 1 aromatic carbocycles. The van der Waals surface area contributed by atoms with E-state index in [1.165, 1.54) is 14.2 Å². The Kier molecular flexibility index (Phi) is 3.80. The lowest BCUT2D eigenvalue weighted by molar-refractivity contribution is 0.384. The van der Waals surface area contributed by atoms with Gasteiger partial charge in [0.15, 0.2) is 0 Å². The van der Waals surface area contributed by atoms with Crippen LogP contribution in [0.2, 0.25) is 0 Å². The second-order valence-electron chi connectivity index (χ2n) is 2.57. The first-order valence-electron chi connectivity index (χ1n) is 3.88. The average molecular weight is 261 g/mol. The van der Waals surface area contributed by atoms with Crippen molar-refractivity contribution in [2.45, 2.75) is 0 Å². The fourth-order valence-electron chi connectivity index (χ4n) is 1.18. The van der Waals surface area contributed by atoms with Crippen molar-refractivity contribution in [1.29, 1.82) is 0 Å². The van der Waals surface area contributed by atoms with Gasteiger partial charge in [0.25, 0.3) is 0 Å². The van der Waals surface area contributed by atoms with Gasteiger partial charge in [0.2, 0.25) is 0 Å². The third-order valence-corrected chi connectivity index (χ3v) is 2.41. The fourth-order valence-corrected chi connectivity index (χ4v) is 1.69. The Morgan fingerprint density at radius 2 is 1.86 bits per heavy atom. The molecule has 1 rings (SSSR count). The molecule has 0 heterocycles. The number of ether oxygens (including phenoxy) is 2. The minimum atomic E-state index is -1.63. The molecule has 0 radical (unpaired) electrons. The van der Waals surface area contributed by atoms with E-state index < -0.39 is 7.12 Å². The zero-order chi connectivity index (χ0) is 10.7. The van der Waals surface area contributed by atoms with E-state index in [1.807, 2.05) is 0 Å². The number of hydrogen-bond donors (Lipinski definition) is 2. The van der Waals surface area contributed by atoms with E-state index in [0.29, 0.717) is 16.0 Å². The van der Waals surface area contributed by atoms with Crippen LogP contribution in [0, 0.1) is 0 Å². The second-order valence-corrected chi connectivity index (χ2v) is 3.42. The van der Waals surface area contributed by atoms with Crippen molar-refractivity contribution in [3.8, 4) is 11.5 Å². The molecule has 2 N–H and O–H groups in total. The van der Waals surface area contributed by atoms with Gasteiger partial charge in [0, 0.05) is 0 Å². The Balaban J connectivity index is 3.36. The van der Waals surface area contributed by atoms with Crippen LogP contribution in [-0.4, -0.2) is 31.4 Å². The lowest BCUT2D eigenvalue weighted by Crippen LogP contribution is -2.32. The summed E-state index contributed by atoms with van der Waals surface area (Å²) in [6.07, 6.45) is 0. The van der Waals surface area contributed by atoms with Crippen molar-refractivity contribution in [3.63, 3.8) is 0 Å². The van der Waals surface area contributed by atoms with Gasteiger partial charge in [0.05, 0.1) is 24.2 Å². The van der Waals surface area contributed by atoms with Crippen LogP contribution >= 0.6 is 15.9 Å². The third kappa shape index (κ3) is 2.02. The molecule has 4 nitrogen and oxygen atoms in total. The first-order chi connectivity index (χ1) is 6.61. The van der Waals surface area contributed by atoms with E-state index in [2.05, 4.69) is 15.9 Å². The summed E-state index contributed by atoms with van der Waals surface area (Å²) in [5.41, 5.74) is 0.212. The molecule has 0 unspecified atom stereocenters. The maximum atomic E-state index is 9.15. The van der Waals surface area contributed by atoms with Crippen LogP contribution in [0.15, 0.2) is 16.6 Å². The largest absolute Gasteiger partial charge is 0.497 e. The second kappa shape index (κ2) is 4.68. The van der Waals surface area contributed by atoms with Crippen LogP contribution < -0.4 is 14.9 Å². The molecule has 0 amide bonds. The van der Waals surface area contributed by atoms with E-state index in [4.69, 9.17) is 19.5 Å². The van der Waals surface area contributed by atoms with Gasteiger partial charge in [-0.1, -0.05) is 0 Å². The maximum Gasteiger partial charge on any atom is 0.496 e. The van der Waals surface area contributed by atoms with Crippen molar-refractivity contribution in [3.05, 3.63) is 16.6 Å². The average Bonchev–Trinajstić information content (AvgIpc) is 2.17. The van der Waals surface area contributed by atoms with Gasteiger partial charge in [0.1, 0.15) is 11.5 Å². The summed E-state index contributed by atoms with van der Waals surface area (Å²) >= 11 is 3.24. The van der Waals surface area contributed by atoms with E-state index in [0.717, 1.165) is 0 Å². The minimum Gasteiger partial charge on any atom is -0.497 e. The van der Waals surface area contributed by atoms with Gasteiger partial charge < -0.3 is 19.5 Å². The molecule has 0 spiro atoms. The summed E-state index contributed by atoms with van der Waals surface area (Å²) < 4.78 is 10.7. The van der Waals surface area contributed by atoms with E-state index in [-0.39, 0.29) is 5.46 Å². The van der Waals surface area contributed by atoms with Crippen LogP contribution in [0.25, 0.3) is 0 Å². The molecular weight excluding hydrogens is 251 g/mol. The van der Waals surface area contributed by atoms with E-state index in [9.17, 15) is 0 Å². The predicted molar refractivity (Wildman–Crippen MR) is 57.1 cm³/mol. The Bertz CT molecular complexity index is 329. The molecule has 0 saturated heterocycles. The van der Waals surface area contributed by atoms with Gasteiger partial charge >= 0.3 is 7.12 Å². The number of hydrogen-bond acceptors (Lipinski definition) is 4. The molecule has 76 valence electrons. The monoisotopic (exact) mass is 260 g/mol. The molecule has 1 aromatic rings. The van der Waals surface area contributed by atoms with Crippen LogP contribution in [0.4, 0.5) is 0 Å². The Morgan fingerprint density at radius 1 is 1.21 bits per heavy atom. The summed E-state index contributed by atoms with van der Waals surface area (Å²) in [7, 11) is 1.28. The van der Waals surface area contributed by atoms with Crippen LogP contribution in [-0.2, 0) is 0 Å². The molecular formula is C8H10BBrO4. The van der Waals surface area contributed by atoms with Crippen molar-refractivity contribution in [2.24, 2.45) is 0 Å². The highest BCUT2D eigenvalue weighted by molar-refractivity contribution is 9.10. The Hall–Kier alpha value is -0.715. The molecule has 0 aliphatic heterocycles. The van der Waals surface area contributed by atoms with Crippen LogP contribution in [0.1, 0.15) is 0 Å².